The highest BCUT2D eigenvalue weighted by molar-refractivity contribution is 6.30. The van der Waals surface area contributed by atoms with Crippen molar-refractivity contribution in [1.29, 1.82) is 0 Å². The SMILES string of the molecule is CCN(Cc1cc(C(F)(F)F)ccc1-c1cc(CC(=O)O)ccc1OC)C(O)OC(C)c1ccc(Cl)cc1. The highest BCUT2D eigenvalue weighted by Crippen LogP contribution is 2.38. The molecule has 0 aliphatic carbocycles. The highest BCUT2D eigenvalue weighted by atomic mass is 35.5. The molecule has 6 nitrogen and oxygen atoms in total. The molecule has 3 aromatic rings. The number of aliphatic hydroxyl groups excluding tert-OH is 1. The van der Waals surface area contributed by atoms with Crippen molar-refractivity contribution < 1.29 is 37.7 Å². The summed E-state index contributed by atoms with van der Waals surface area (Å²) in [6.07, 6.45) is -6.79. The number of nitrogens with zero attached hydrogens (tertiary/aromatic N) is 1. The van der Waals surface area contributed by atoms with Crippen molar-refractivity contribution in [3.8, 4) is 16.9 Å². The Morgan fingerprint density at radius 3 is 2.32 bits per heavy atom. The van der Waals surface area contributed by atoms with Gasteiger partial charge in [-0.3, -0.25) is 9.69 Å². The molecule has 0 fully saturated rings. The summed E-state index contributed by atoms with van der Waals surface area (Å²) < 4.78 is 52.1. The van der Waals surface area contributed by atoms with E-state index in [1.165, 1.54) is 18.1 Å². The number of carboxylic acid groups (broad SMARTS) is 1. The Hall–Kier alpha value is -3.11. The van der Waals surface area contributed by atoms with E-state index >= 15 is 0 Å². The number of aliphatic hydroxyl groups is 1. The van der Waals surface area contributed by atoms with E-state index in [0.29, 0.717) is 27.5 Å². The van der Waals surface area contributed by atoms with Crippen molar-refractivity contribution in [2.45, 2.75) is 45.5 Å². The van der Waals surface area contributed by atoms with Crippen LogP contribution >= 0.6 is 11.6 Å². The van der Waals surface area contributed by atoms with Crippen molar-refractivity contribution in [2.75, 3.05) is 13.7 Å². The zero-order chi connectivity index (χ0) is 28.0. The van der Waals surface area contributed by atoms with Crippen LogP contribution < -0.4 is 4.74 Å². The molecule has 0 amide bonds. The summed E-state index contributed by atoms with van der Waals surface area (Å²) in [5.41, 5.74) is 1.50. The van der Waals surface area contributed by atoms with E-state index in [0.717, 1.165) is 17.7 Å². The molecule has 0 saturated heterocycles. The molecule has 0 aromatic heterocycles. The van der Waals surface area contributed by atoms with Gasteiger partial charge in [-0.25, -0.2) is 0 Å². The van der Waals surface area contributed by atoms with Gasteiger partial charge in [-0.1, -0.05) is 42.8 Å². The van der Waals surface area contributed by atoms with Crippen LogP contribution in [0.4, 0.5) is 13.2 Å². The van der Waals surface area contributed by atoms with E-state index in [1.54, 1.807) is 56.3 Å². The van der Waals surface area contributed by atoms with Gasteiger partial charge in [-0.2, -0.15) is 13.2 Å². The van der Waals surface area contributed by atoms with Crippen molar-refractivity contribution >= 4 is 17.6 Å². The van der Waals surface area contributed by atoms with E-state index in [9.17, 15) is 28.2 Å². The average molecular weight is 552 g/mol. The van der Waals surface area contributed by atoms with E-state index in [2.05, 4.69) is 0 Å². The fraction of sp³-hybridized carbons (Fsp3) is 0.321. The topological polar surface area (TPSA) is 79.2 Å². The lowest BCUT2D eigenvalue weighted by Crippen LogP contribution is -2.37. The number of carbonyl (C=O) groups is 1. The monoisotopic (exact) mass is 551 g/mol. The third-order valence-electron chi connectivity index (χ3n) is 6.10. The molecule has 0 saturated carbocycles. The van der Waals surface area contributed by atoms with Gasteiger partial charge < -0.3 is 19.7 Å². The second-order valence-electron chi connectivity index (χ2n) is 8.69. The minimum absolute atomic E-state index is 0.0867. The van der Waals surface area contributed by atoms with Gasteiger partial charge in [0.2, 0.25) is 6.41 Å². The summed E-state index contributed by atoms with van der Waals surface area (Å²) in [7, 11) is 1.42. The molecule has 2 N–H and O–H groups in total. The number of aliphatic carboxylic acids is 1. The maximum Gasteiger partial charge on any atom is 0.416 e. The Labute approximate surface area is 224 Å². The van der Waals surface area contributed by atoms with Crippen LogP contribution in [0.3, 0.4) is 0 Å². The van der Waals surface area contributed by atoms with Crippen molar-refractivity contribution in [2.24, 2.45) is 0 Å². The Bertz CT molecular complexity index is 1250. The molecule has 0 heterocycles. The summed E-state index contributed by atoms with van der Waals surface area (Å²) in [6, 6.07) is 15.0. The second-order valence-corrected chi connectivity index (χ2v) is 9.13. The average Bonchev–Trinajstić information content (AvgIpc) is 2.86. The van der Waals surface area contributed by atoms with Crippen LogP contribution in [0.1, 0.15) is 42.2 Å². The summed E-state index contributed by atoms with van der Waals surface area (Å²) in [5, 5.41) is 20.6. The largest absolute Gasteiger partial charge is 0.496 e. The van der Waals surface area contributed by atoms with Gasteiger partial charge in [0.1, 0.15) is 5.75 Å². The summed E-state index contributed by atoms with van der Waals surface area (Å²) >= 11 is 5.93. The van der Waals surface area contributed by atoms with Crippen LogP contribution in [0, 0.1) is 0 Å². The molecule has 0 aliphatic rings. The molecule has 0 bridgehead atoms. The smallest absolute Gasteiger partial charge is 0.416 e. The van der Waals surface area contributed by atoms with Gasteiger partial charge in [-0.15, -0.1) is 0 Å². The van der Waals surface area contributed by atoms with Crippen LogP contribution in [0.15, 0.2) is 60.7 Å². The molecule has 0 aliphatic heterocycles. The first-order valence-electron chi connectivity index (χ1n) is 11.8. The number of hydrogen-bond donors (Lipinski definition) is 2. The van der Waals surface area contributed by atoms with E-state index < -0.39 is 30.2 Å². The maximum absolute atomic E-state index is 13.6. The molecular weight excluding hydrogens is 523 g/mol. The van der Waals surface area contributed by atoms with Gasteiger partial charge in [-0.05, 0) is 65.6 Å². The Kier molecular flexibility index (Phi) is 9.78. The summed E-state index contributed by atoms with van der Waals surface area (Å²) in [6.45, 7) is 3.67. The lowest BCUT2D eigenvalue weighted by Gasteiger charge is -2.30. The van der Waals surface area contributed by atoms with Crippen LogP contribution in [0.2, 0.25) is 5.02 Å². The number of hydrogen-bond acceptors (Lipinski definition) is 5. The fourth-order valence-electron chi connectivity index (χ4n) is 4.06. The number of methoxy groups -OCH3 is 1. The third kappa shape index (κ3) is 7.48. The van der Waals surface area contributed by atoms with Gasteiger partial charge in [0, 0.05) is 23.7 Å². The Balaban J connectivity index is 1.99. The summed E-state index contributed by atoms with van der Waals surface area (Å²) in [4.78, 5) is 12.7. The van der Waals surface area contributed by atoms with Gasteiger partial charge >= 0.3 is 12.1 Å². The standard InChI is InChI=1S/C28H29ClF3NO5/c1-4-33(27(36)38-17(2)19-6-9-22(29)10-7-19)16-20-15-21(28(30,31)32)8-11-23(20)24-13-18(14-26(34)35)5-12-25(24)37-3/h5-13,15,17,27,36H,4,14,16H2,1-3H3,(H,34,35). The number of ether oxygens (including phenoxy) is 2. The lowest BCUT2D eigenvalue weighted by molar-refractivity contribution is -0.218. The van der Waals surface area contributed by atoms with E-state index in [1.807, 2.05) is 0 Å². The first-order chi connectivity index (χ1) is 17.9. The number of rotatable bonds is 11. The van der Waals surface area contributed by atoms with Gasteiger partial charge in [0.25, 0.3) is 0 Å². The molecule has 204 valence electrons. The number of benzene rings is 3. The number of halogens is 4. The maximum atomic E-state index is 13.6. The van der Waals surface area contributed by atoms with Crippen LogP contribution in [0.25, 0.3) is 11.1 Å². The predicted octanol–water partition coefficient (Wildman–Crippen LogP) is 6.54. The second kappa shape index (κ2) is 12.6. The van der Waals surface area contributed by atoms with Crippen LogP contribution in [0.5, 0.6) is 5.75 Å². The molecule has 10 heteroatoms. The number of carboxylic acids is 1. The van der Waals surface area contributed by atoms with E-state index in [-0.39, 0.29) is 25.1 Å². The number of alkyl halides is 3. The molecule has 3 aromatic carbocycles. The Morgan fingerprint density at radius 1 is 1.05 bits per heavy atom. The first kappa shape index (κ1) is 29.4. The van der Waals surface area contributed by atoms with Crippen molar-refractivity contribution in [3.63, 3.8) is 0 Å². The highest BCUT2D eigenvalue weighted by Gasteiger charge is 2.32. The van der Waals surface area contributed by atoms with E-state index in [4.69, 9.17) is 21.1 Å². The third-order valence-corrected chi connectivity index (χ3v) is 6.35. The van der Waals surface area contributed by atoms with Crippen LogP contribution in [-0.2, 0) is 28.7 Å². The van der Waals surface area contributed by atoms with Gasteiger partial charge in [0.15, 0.2) is 0 Å². The van der Waals surface area contributed by atoms with Crippen molar-refractivity contribution in [3.05, 3.63) is 87.9 Å². The first-order valence-corrected chi connectivity index (χ1v) is 12.2. The molecule has 2 atom stereocenters. The minimum Gasteiger partial charge on any atom is -0.496 e. The molecule has 3 rings (SSSR count). The lowest BCUT2D eigenvalue weighted by atomic mass is 9.94. The Morgan fingerprint density at radius 2 is 1.74 bits per heavy atom. The molecule has 0 radical (unpaired) electrons. The minimum atomic E-state index is -4.59. The predicted molar refractivity (Wildman–Crippen MR) is 138 cm³/mol. The quantitative estimate of drug-likeness (QED) is 0.264. The zero-order valence-corrected chi connectivity index (χ0v) is 21.9. The van der Waals surface area contributed by atoms with Crippen LogP contribution in [-0.4, -0.2) is 41.2 Å². The van der Waals surface area contributed by atoms with Gasteiger partial charge in [0.05, 0.1) is 25.2 Å². The molecule has 2 unspecified atom stereocenters. The fourth-order valence-corrected chi connectivity index (χ4v) is 4.19. The molecular formula is C28H29ClF3NO5. The van der Waals surface area contributed by atoms with Crippen molar-refractivity contribution in [1.82, 2.24) is 4.90 Å². The molecule has 38 heavy (non-hydrogen) atoms. The zero-order valence-electron chi connectivity index (χ0n) is 21.1. The molecule has 0 spiro atoms. The normalized spacial score (nSPS) is 13.4. The summed E-state index contributed by atoms with van der Waals surface area (Å²) in [5.74, 6) is -0.669.